The highest BCUT2D eigenvalue weighted by atomic mass is 32.1. The van der Waals surface area contributed by atoms with Crippen LogP contribution in [0.25, 0.3) is 6.08 Å². The van der Waals surface area contributed by atoms with Crippen molar-refractivity contribution < 1.29 is 9.53 Å². The molecule has 0 N–H and O–H groups in total. The fraction of sp³-hybridized carbons (Fsp3) is 0.350. The van der Waals surface area contributed by atoms with E-state index in [9.17, 15) is 4.79 Å². The van der Waals surface area contributed by atoms with Gasteiger partial charge in [0.1, 0.15) is 0 Å². The lowest BCUT2D eigenvalue weighted by molar-refractivity contribution is -0.134. The number of nitrogens with zero attached hydrogens (tertiary/aromatic N) is 1. The molecule has 1 fully saturated rings. The van der Waals surface area contributed by atoms with E-state index in [-0.39, 0.29) is 5.97 Å². The largest absolute Gasteiger partial charge is 0.466 e. The molecule has 2 heterocycles. The number of benzene rings is 1. The zero-order valence-electron chi connectivity index (χ0n) is 14.0. The van der Waals surface area contributed by atoms with E-state index in [1.807, 2.05) is 0 Å². The van der Waals surface area contributed by atoms with E-state index in [4.69, 9.17) is 0 Å². The summed E-state index contributed by atoms with van der Waals surface area (Å²) in [5.41, 5.74) is 3.83. The lowest BCUT2D eigenvalue weighted by Gasteiger charge is -2.24. The van der Waals surface area contributed by atoms with Crippen LogP contribution in [0, 0.1) is 0 Å². The first-order chi connectivity index (χ1) is 11.8. The van der Waals surface area contributed by atoms with E-state index in [2.05, 4.69) is 50.7 Å². The zero-order valence-corrected chi connectivity index (χ0v) is 14.8. The Balaban J connectivity index is 1.62. The fourth-order valence-corrected chi connectivity index (χ4v) is 3.94. The number of carbonyl (C=O) groups is 1. The predicted octanol–water partition coefficient (Wildman–Crippen LogP) is 4.31. The van der Waals surface area contributed by atoms with Crippen molar-refractivity contribution in [3.8, 4) is 0 Å². The smallest absolute Gasteiger partial charge is 0.330 e. The summed E-state index contributed by atoms with van der Waals surface area (Å²) in [6.45, 7) is 2.30. The maximum absolute atomic E-state index is 11.2. The minimum atomic E-state index is -0.325. The van der Waals surface area contributed by atoms with Crippen molar-refractivity contribution in [2.75, 3.05) is 20.2 Å². The molecule has 2 aromatic rings. The van der Waals surface area contributed by atoms with E-state index in [0.29, 0.717) is 6.04 Å². The first-order valence-electron chi connectivity index (χ1n) is 8.37. The van der Waals surface area contributed by atoms with Gasteiger partial charge in [0.05, 0.1) is 7.11 Å². The van der Waals surface area contributed by atoms with Gasteiger partial charge < -0.3 is 4.74 Å². The number of methoxy groups -OCH3 is 1. The van der Waals surface area contributed by atoms with Crippen LogP contribution in [0.3, 0.4) is 0 Å². The van der Waals surface area contributed by atoms with Gasteiger partial charge in [0, 0.05) is 18.7 Å². The van der Waals surface area contributed by atoms with Gasteiger partial charge in [-0.25, -0.2) is 4.79 Å². The molecule has 1 saturated heterocycles. The highest BCUT2D eigenvalue weighted by Crippen LogP contribution is 2.32. The molecule has 0 radical (unpaired) electrons. The van der Waals surface area contributed by atoms with Gasteiger partial charge in [0.2, 0.25) is 0 Å². The third-order valence-electron chi connectivity index (χ3n) is 4.57. The third-order valence-corrected chi connectivity index (χ3v) is 5.30. The molecule has 24 heavy (non-hydrogen) atoms. The quantitative estimate of drug-likeness (QED) is 0.579. The molecule has 0 aliphatic carbocycles. The Kier molecular flexibility index (Phi) is 5.83. The standard InChI is InChI=1S/C20H23NO2S/c1-23-20(22)9-6-16-4-7-18(8-5-16)19-3-2-12-21(19)13-10-17-11-14-24-15-17/h4-9,11,14-15,19H,2-3,10,12-13H2,1H3/b9-6+. The van der Waals surface area contributed by atoms with Crippen LogP contribution in [0.1, 0.15) is 35.6 Å². The van der Waals surface area contributed by atoms with Crippen molar-refractivity contribution in [3.63, 3.8) is 0 Å². The van der Waals surface area contributed by atoms with Crippen LogP contribution in [0.5, 0.6) is 0 Å². The maximum atomic E-state index is 11.2. The van der Waals surface area contributed by atoms with Crippen LogP contribution >= 0.6 is 11.3 Å². The Bertz CT molecular complexity index is 676. The Labute approximate surface area is 147 Å². The Morgan fingerprint density at radius 3 is 2.88 bits per heavy atom. The molecule has 4 heteroatoms. The van der Waals surface area contributed by atoms with E-state index >= 15 is 0 Å². The summed E-state index contributed by atoms with van der Waals surface area (Å²) in [6.07, 6.45) is 6.86. The van der Waals surface area contributed by atoms with Gasteiger partial charge in [-0.2, -0.15) is 11.3 Å². The second-order valence-corrected chi connectivity index (χ2v) is 6.88. The molecule has 3 rings (SSSR count). The van der Waals surface area contributed by atoms with Crippen LogP contribution < -0.4 is 0 Å². The number of hydrogen-bond acceptors (Lipinski definition) is 4. The molecule has 1 aliphatic rings. The van der Waals surface area contributed by atoms with Gasteiger partial charge in [0.25, 0.3) is 0 Å². The molecule has 0 spiro atoms. The first-order valence-corrected chi connectivity index (χ1v) is 9.31. The van der Waals surface area contributed by atoms with Crippen LogP contribution in [-0.2, 0) is 16.0 Å². The van der Waals surface area contributed by atoms with Gasteiger partial charge in [-0.15, -0.1) is 0 Å². The molecule has 1 unspecified atom stereocenters. The second-order valence-electron chi connectivity index (χ2n) is 6.10. The van der Waals surface area contributed by atoms with Crippen molar-refractivity contribution in [1.82, 2.24) is 4.90 Å². The third kappa shape index (κ3) is 4.34. The number of hydrogen-bond donors (Lipinski definition) is 0. The van der Waals surface area contributed by atoms with Crippen molar-refractivity contribution in [3.05, 3.63) is 63.9 Å². The predicted molar refractivity (Wildman–Crippen MR) is 99.1 cm³/mol. The summed E-state index contributed by atoms with van der Waals surface area (Å²) in [5, 5.41) is 4.39. The Hall–Kier alpha value is -1.91. The monoisotopic (exact) mass is 341 g/mol. The van der Waals surface area contributed by atoms with E-state index < -0.39 is 0 Å². The van der Waals surface area contributed by atoms with Crippen LogP contribution in [0.4, 0.5) is 0 Å². The molecule has 126 valence electrons. The van der Waals surface area contributed by atoms with Crippen molar-refractivity contribution in [1.29, 1.82) is 0 Å². The normalized spacial score (nSPS) is 18.3. The van der Waals surface area contributed by atoms with E-state index in [1.54, 1.807) is 17.4 Å². The minimum Gasteiger partial charge on any atom is -0.466 e. The number of thiophene rings is 1. The lowest BCUT2D eigenvalue weighted by Crippen LogP contribution is -2.25. The van der Waals surface area contributed by atoms with Crippen LogP contribution in [-0.4, -0.2) is 31.1 Å². The molecular formula is C20H23NO2S. The van der Waals surface area contributed by atoms with Gasteiger partial charge >= 0.3 is 5.97 Å². The van der Waals surface area contributed by atoms with Crippen LogP contribution in [0.2, 0.25) is 0 Å². The summed E-state index contributed by atoms with van der Waals surface area (Å²) in [6, 6.07) is 11.3. The minimum absolute atomic E-state index is 0.325. The topological polar surface area (TPSA) is 29.5 Å². The second kappa shape index (κ2) is 8.27. The number of esters is 1. The number of carbonyl (C=O) groups excluding carboxylic acids is 1. The van der Waals surface area contributed by atoms with Crippen molar-refractivity contribution in [2.45, 2.75) is 25.3 Å². The van der Waals surface area contributed by atoms with E-state index in [1.165, 1.54) is 43.7 Å². The summed E-state index contributed by atoms with van der Waals surface area (Å²) in [7, 11) is 1.39. The molecule has 3 nitrogen and oxygen atoms in total. The highest BCUT2D eigenvalue weighted by Gasteiger charge is 2.25. The van der Waals surface area contributed by atoms with Gasteiger partial charge in [-0.05, 0) is 65.4 Å². The SMILES string of the molecule is COC(=O)/C=C/c1ccc(C2CCCN2CCc2ccsc2)cc1. The molecule has 0 saturated carbocycles. The zero-order chi connectivity index (χ0) is 16.8. The highest BCUT2D eigenvalue weighted by molar-refractivity contribution is 7.07. The van der Waals surface area contributed by atoms with Crippen LogP contribution in [0.15, 0.2) is 47.2 Å². The van der Waals surface area contributed by atoms with Crippen molar-refractivity contribution >= 4 is 23.4 Å². The molecule has 0 bridgehead atoms. The number of rotatable bonds is 6. The summed E-state index contributed by atoms with van der Waals surface area (Å²) < 4.78 is 4.62. The summed E-state index contributed by atoms with van der Waals surface area (Å²) in [4.78, 5) is 13.8. The summed E-state index contributed by atoms with van der Waals surface area (Å²) >= 11 is 1.77. The Morgan fingerprint density at radius 1 is 1.33 bits per heavy atom. The van der Waals surface area contributed by atoms with Gasteiger partial charge in [-0.1, -0.05) is 24.3 Å². The fourth-order valence-electron chi connectivity index (χ4n) is 3.24. The molecule has 1 aromatic carbocycles. The van der Waals surface area contributed by atoms with Crippen molar-refractivity contribution in [2.24, 2.45) is 0 Å². The van der Waals surface area contributed by atoms with Gasteiger partial charge in [0.15, 0.2) is 0 Å². The van der Waals surface area contributed by atoms with Gasteiger partial charge in [-0.3, -0.25) is 4.90 Å². The maximum Gasteiger partial charge on any atom is 0.330 e. The number of likely N-dealkylation sites (tertiary alicyclic amines) is 1. The Morgan fingerprint density at radius 2 is 2.17 bits per heavy atom. The molecular weight excluding hydrogens is 318 g/mol. The lowest BCUT2D eigenvalue weighted by atomic mass is 10.0. The average Bonchev–Trinajstić information content (AvgIpc) is 3.29. The molecule has 1 atom stereocenters. The molecule has 1 aromatic heterocycles. The molecule has 0 amide bonds. The van der Waals surface area contributed by atoms with E-state index in [0.717, 1.165) is 18.5 Å². The number of ether oxygens (including phenoxy) is 1. The summed E-state index contributed by atoms with van der Waals surface area (Å²) in [5.74, 6) is -0.325. The first kappa shape index (κ1) is 16.9. The average molecular weight is 341 g/mol. The molecule has 1 aliphatic heterocycles.